The molecule has 6 heteroatoms. The van der Waals surface area contributed by atoms with Crippen LogP contribution in [0.15, 0.2) is 78.0 Å². The molecular weight excluding hydrogens is 380 g/mol. The molecule has 0 aliphatic carbocycles. The zero-order valence-electron chi connectivity index (χ0n) is 15.9. The van der Waals surface area contributed by atoms with Crippen LogP contribution >= 0.6 is 11.3 Å². The van der Waals surface area contributed by atoms with Crippen LogP contribution < -0.4 is 5.32 Å². The highest BCUT2D eigenvalue weighted by Gasteiger charge is 2.12. The molecule has 0 unspecified atom stereocenters. The maximum atomic E-state index is 12.4. The molecule has 0 bridgehead atoms. The van der Waals surface area contributed by atoms with E-state index < -0.39 is 0 Å². The number of hydrogen-bond acceptors (Lipinski definition) is 5. The normalized spacial score (nSPS) is 11.8. The van der Waals surface area contributed by atoms with Crippen molar-refractivity contribution in [3.63, 3.8) is 0 Å². The zero-order valence-corrected chi connectivity index (χ0v) is 16.8. The van der Waals surface area contributed by atoms with Gasteiger partial charge in [-0.1, -0.05) is 19.1 Å². The van der Waals surface area contributed by atoms with Crippen molar-refractivity contribution in [2.45, 2.75) is 19.3 Å². The third-order valence-corrected chi connectivity index (χ3v) is 5.34. The lowest BCUT2D eigenvalue weighted by molar-refractivity contribution is 0.102. The van der Waals surface area contributed by atoms with E-state index >= 15 is 0 Å². The number of anilines is 1. The molecule has 144 valence electrons. The number of carbonyl (C=O) groups excluding carboxylic acids is 1. The van der Waals surface area contributed by atoms with Crippen molar-refractivity contribution in [2.24, 2.45) is 0 Å². The lowest BCUT2D eigenvalue weighted by atomic mass is 9.96. The average molecular weight is 401 g/mol. The number of carbonyl (C=O) groups is 1. The highest BCUT2D eigenvalue weighted by molar-refractivity contribution is 7.08. The van der Waals surface area contributed by atoms with Gasteiger partial charge in [-0.05, 0) is 53.6 Å². The van der Waals surface area contributed by atoms with Crippen LogP contribution in [0.1, 0.15) is 34.5 Å². The monoisotopic (exact) mass is 400 g/mol. The molecule has 29 heavy (non-hydrogen) atoms. The minimum Gasteiger partial charge on any atom is -0.322 e. The van der Waals surface area contributed by atoms with Gasteiger partial charge in [-0.25, -0.2) is 4.98 Å². The Kier molecular flexibility index (Phi) is 5.72. The molecule has 4 rings (SSSR count). The van der Waals surface area contributed by atoms with Crippen molar-refractivity contribution >= 4 is 22.9 Å². The van der Waals surface area contributed by atoms with Crippen LogP contribution in [0.4, 0.5) is 5.69 Å². The van der Waals surface area contributed by atoms with Gasteiger partial charge in [0.15, 0.2) is 0 Å². The Morgan fingerprint density at radius 2 is 2.03 bits per heavy atom. The molecule has 1 aromatic carbocycles. The molecule has 0 spiro atoms. The Labute approximate surface area is 173 Å². The predicted octanol–water partition coefficient (Wildman–Crippen LogP) is 5.20. The van der Waals surface area contributed by atoms with Crippen molar-refractivity contribution < 1.29 is 4.79 Å². The predicted molar refractivity (Wildman–Crippen MR) is 116 cm³/mol. The molecule has 0 aliphatic rings. The summed E-state index contributed by atoms with van der Waals surface area (Å²) in [6.07, 6.45) is 7.59. The van der Waals surface area contributed by atoms with Gasteiger partial charge in [-0.3, -0.25) is 14.8 Å². The molecule has 1 atom stereocenters. The molecule has 0 fully saturated rings. The van der Waals surface area contributed by atoms with Gasteiger partial charge in [-0.15, -0.1) is 0 Å². The maximum absolute atomic E-state index is 12.4. The zero-order chi connectivity index (χ0) is 20.1. The molecule has 1 N–H and O–H groups in total. The van der Waals surface area contributed by atoms with E-state index in [9.17, 15) is 4.79 Å². The van der Waals surface area contributed by atoms with E-state index in [2.05, 4.69) is 39.7 Å². The van der Waals surface area contributed by atoms with Crippen LogP contribution in [-0.4, -0.2) is 20.9 Å². The summed E-state index contributed by atoms with van der Waals surface area (Å²) in [7, 11) is 0. The highest BCUT2D eigenvalue weighted by Crippen LogP contribution is 2.24. The fraction of sp³-hybridized carbons (Fsp3) is 0.130. The molecule has 0 aliphatic heterocycles. The van der Waals surface area contributed by atoms with Crippen LogP contribution in [0.2, 0.25) is 0 Å². The van der Waals surface area contributed by atoms with E-state index in [1.54, 1.807) is 42.1 Å². The Hall–Kier alpha value is -3.38. The number of hydrogen-bond donors (Lipinski definition) is 1. The SMILES string of the molecule is C[C@H](Cc1cncc(-c2ccsc2)n1)c1cccc(NC(=O)c2cccnc2)c1. The summed E-state index contributed by atoms with van der Waals surface area (Å²) in [6, 6.07) is 13.5. The second-order valence-corrected chi connectivity index (χ2v) is 7.61. The standard InChI is InChI=1S/C23H20N4OS/c1-16(10-21-13-25-14-22(26-21)19-7-9-29-15-19)17-4-2-6-20(11-17)27-23(28)18-5-3-8-24-12-18/h2-9,11-16H,10H2,1H3,(H,27,28)/t16-/m1/s1. The van der Waals surface area contributed by atoms with Crippen LogP contribution in [-0.2, 0) is 6.42 Å². The fourth-order valence-electron chi connectivity index (χ4n) is 3.11. The first-order valence-electron chi connectivity index (χ1n) is 9.34. The molecule has 4 aromatic rings. The smallest absolute Gasteiger partial charge is 0.257 e. The first kappa shape index (κ1) is 19.0. The number of amides is 1. The second kappa shape index (κ2) is 8.75. The molecule has 5 nitrogen and oxygen atoms in total. The third kappa shape index (κ3) is 4.73. The first-order valence-corrected chi connectivity index (χ1v) is 10.3. The molecule has 3 heterocycles. The number of nitrogens with one attached hydrogen (secondary N) is 1. The van der Waals surface area contributed by atoms with Gasteiger partial charge in [0.25, 0.3) is 5.91 Å². The summed E-state index contributed by atoms with van der Waals surface area (Å²) < 4.78 is 0. The number of rotatable bonds is 6. The third-order valence-electron chi connectivity index (χ3n) is 4.65. The van der Waals surface area contributed by atoms with Gasteiger partial charge < -0.3 is 5.32 Å². The van der Waals surface area contributed by atoms with E-state index in [1.807, 2.05) is 29.8 Å². The number of aromatic nitrogens is 3. The number of pyridine rings is 1. The van der Waals surface area contributed by atoms with Crippen molar-refractivity contribution in [3.05, 3.63) is 94.8 Å². The topological polar surface area (TPSA) is 67.8 Å². The fourth-order valence-corrected chi connectivity index (χ4v) is 3.76. The molecule has 1 amide bonds. The largest absolute Gasteiger partial charge is 0.322 e. The van der Waals surface area contributed by atoms with Crippen molar-refractivity contribution in [3.8, 4) is 11.3 Å². The van der Waals surface area contributed by atoms with Gasteiger partial charge in [0.05, 0.1) is 23.1 Å². The molecule has 3 aromatic heterocycles. The van der Waals surface area contributed by atoms with E-state index in [0.717, 1.165) is 34.6 Å². The van der Waals surface area contributed by atoms with Gasteiger partial charge >= 0.3 is 0 Å². The summed E-state index contributed by atoms with van der Waals surface area (Å²) in [6.45, 7) is 2.15. The minimum absolute atomic E-state index is 0.169. The second-order valence-electron chi connectivity index (χ2n) is 6.83. The van der Waals surface area contributed by atoms with E-state index in [-0.39, 0.29) is 11.8 Å². The number of thiophene rings is 1. The van der Waals surface area contributed by atoms with Crippen LogP contribution in [0.5, 0.6) is 0 Å². The first-order chi connectivity index (χ1) is 14.2. The molecule has 0 radical (unpaired) electrons. The van der Waals surface area contributed by atoms with Crippen molar-refractivity contribution in [2.75, 3.05) is 5.32 Å². The van der Waals surface area contributed by atoms with E-state index in [0.29, 0.717) is 5.56 Å². The highest BCUT2D eigenvalue weighted by atomic mass is 32.1. The van der Waals surface area contributed by atoms with Crippen LogP contribution in [0.25, 0.3) is 11.3 Å². The Bertz CT molecular complexity index is 1100. The molecule has 0 saturated heterocycles. The van der Waals surface area contributed by atoms with Crippen molar-refractivity contribution in [1.29, 1.82) is 0 Å². The Morgan fingerprint density at radius 3 is 2.83 bits per heavy atom. The van der Waals surface area contributed by atoms with Gasteiger partial charge in [0, 0.05) is 35.2 Å². The Morgan fingerprint density at radius 1 is 1.10 bits per heavy atom. The van der Waals surface area contributed by atoms with Gasteiger partial charge in [-0.2, -0.15) is 11.3 Å². The van der Waals surface area contributed by atoms with Gasteiger partial charge in [0.2, 0.25) is 0 Å². The molecular formula is C23H20N4OS. The minimum atomic E-state index is -0.169. The van der Waals surface area contributed by atoms with E-state index in [1.165, 1.54) is 0 Å². The van der Waals surface area contributed by atoms with Crippen LogP contribution in [0, 0.1) is 0 Å². The van der Waals surface area contributed by atoms with Gasteiger partial charge in [0.1, 0.15) is 0 Å². The Balaban J connectivity index is 1.47. The summed E-state index contributed by atoms with van der Waals surface area (Å²) in [5.41, 5.74) is 5.38. The summed E-state index contributed by atoms with van der Waals surface area (Å²) in [5, 5.41) is 7.05. The maximum Gasteiger partial charge on any atom is 0.257 e. The lowest BCUT2D eigenvalue weighted by Crippen LogP contribution is -2.12. The van der Waals surface area contributed by atoms with Crippen LogP contribution in [0.3, 0.4) is 0 Å². The molecule has 0 saturated carbocycles. The lowest BCUT2D eigenvalue weighted by Gasteiger charge is -2.14. The van der Waals surface area contributed by atoms with E-state index in [4.69, 9.17) is 4.98 Å². The summed E-state index contributed by atoms with van der Waals surface area (Å²) in [4.78, 5) is 25.5. The summed E-state index contributed by atoms with van der Waals surface area (Å²) >= 11 is 1.65. The quantitative estimate of drug-likeness (QED) is 0.483. The van der Waals surface area contributed by atoms with Crippen molar-refractivity contribution in [1.82, 2.24) is 15.0 Å². The average Bonchev–Trinajstić information content (AvgIpc) is 3.30. The number of benzene rings is 1. The summed E-state index contributed by atoms with van der Waals surface area (Å²) in [5.74, 6) is 0.0644. The number of nitrogens with zero attached hydrogens (tertiary/aromatic N) is 3.